The number of hydrogen-bond donors (Lipinski definition) is 1. The van der Waals surface area contributed by atoms with E-state index >= 15 is 0 Å². The molecule has 0 unspecified atom stereocenters. The van der Waals surface area contributed by atoms with Gasteiger partial charge in [0.2, 0.25) is 0 Å². The van der Waals surface area contributed by atoms with Gasteiger partial charge in [-0.3, -0.25) is 0 Å². The molecule has 2 heterocycles. The molecule has 1 atom stereocenters. The summed E-state index contributed by atoms with van der Waals surface area (Å²) in [5, 5.41) is 17.0. The summed E-state index contributed by atoms with van der Waals surface area (Å²) in [6.45, 7) is 1.75. The van der Waals surface area contributed by atoms with Crippen molar-refractivity contribution >= 4 is 11.8 Å². The van der Waals surface area contributed by atoms with Crippen LogP contribution in [0.25, 0.3) is 11.4 Å². The average molecular weight is 307 g/mol. The fourth-order valence-corrected chi connectivity index (χ4v) is 2.41. The lowest BCUT2D eigenvalue weighted by molar-refractivity contribution is -0.195. The van der Waals surface area contributed by atoms with Gasteiger partial charge in [0.05, 0.1) is 11.8 Å². The minimum absolute atomic E-state index is 0.295. The Morgan fingerprint density at radius 2 is 2.15 bits per heavy atom. The van der Waals surface area contributed by atoms with Gasteiger partial charge in [-0.1, -0.05) is 11.8 Å². The Balaban J connectivity index is 2.12. The Kier molecular flexibility index (Phi) is 4.09. The molecule has 0 saturated carbocycles. The summed E-state index contributed by atoms with van der Waals surface area (Å²) in [6, 6.07) is 1.71. The molecule has 1 N–H and O–H groups in total. The molecule has 0 radical (unpaired) electrons. The quantitative estimate of drug-likeness (QED) is 0.879. The molecule has 2 rings (SSSR count). The van der Waals surface area contributed by atoms with E-state index in [4.69, 9.17) is 9.52 Å². The third kappa shape index (κ3) is 2.98. The highest BCUT2D eigenvalue weighted by Crippen LogP contribution is 2.28. The van der Waals surface area contributed by atoms with Crippen LogP contribution >= 0.6 is 11.8 Å². The van der Waals surface area contributed by atoms with Crippen LogP contribution in [0.15, 0.2) is 21.9 Å². The summed E-state index contributed by atoms with van der Waals surface area (Å²) in [4.78, 5) is 0. The van der Waals surface area contributed by atoms with Gasteiger partial charge in [-0.15, -0.1) is 10.2 Å². The third-order valence-corrected chi connectivity index (χ3v) is 3.78. The molecule has 0 spiro atoms. The number of furan rings is 1. The van der Waals surface area contributed by atoms with Crippen molar-refractivity contribution in [3.8, 4) is 11.4 Å². The molecule has 0 fully saturated rings. The van der Waals surface area contributed by atoms with E-state index in [1.165, 1.54) is 6.26 Å². The van der Waals surface area contributed by atoms with Crippen molar-refractivity contribution in [2.75, 3.05) is 5.75 Å². The van der Waals surface area contributed by atoms with Crippen LogP contribution in [0.1, 0.15) is 5.76 Å². The zero-order valence-corrected chi connectivity index (χ0v) is 11.5. The second kappa shape index (κ2) is 5.49. The van der Waals surface area contributed by atoms with Crippen LogP contribution < -0.4 is 0 Å². The number of aliphatic hydroxyl groups excluding tert-OH is 1. The first kappa shape index (κ1) is 14.9. The van der Waals surface area contributed by atoms with Crippen LogP contribution in [0.2, 0.25) is 0 Å². The number of thioether (sulfide) groups is 1. The maximum Gasteiger partial charge on any atom is 0.415 e. The van der Waals surface area contributed by atoms with E-state index in [9.17, 15) is 13.2 Å². The van der Waals surface area contributed by atoms with Gasteiger partial charge in [0.25, 0.3) is 0 Å². The van der Waals surface area contributed by atoms with Crippen molar-refractivity contribution in [1.82, 2.24) is 14.8 Å². The smallest absolute Gasteiger partial charge is 0.415 e. The number of aliphatic hydroxyl groups is 1. The number of aromatic nitrogens is 3. The summed E-state index contributed by atoms with van der Waals surface area (Å²) in [5.41, 5.74) is 0.725. The normalized spacial score (nSPS) is 13.7. The standard InChI is InChI=1S/C11H12F3N3O2S/c1-6-7(3-4-19-6)9-15-16-10(17(9)2)20-5-8(18)11(12,13)14/h3-4,8,18H,5H2,1-2H3/t8-/m0/s1. The highest BCUT2D eigenvalue weighted by molar-refractivity contribution is 7.99. The van der Waals surface area contributed by atoms with Crippen molar-refractivity contribution in [1.29, 1.82) is 0 Å². The summed E-state index contributed by atoms with van der Waals surface area (Å²) in [6.07, 6.45) is -5.52. The molecule has 110 valence electrons. The molecular weight excluding hydrogens is 295 g/mol. The molecule has 2 aromatic rings. The second-order valence-electron chi connectivity index (χ2n) is 4.12. The first-order valence-corrected chi connectivity index (χ1v) is 6.60. The zero-order valence-electron chi connectivity index (χ0n) is 10.7. The number of aryl methyl sites for hydroxylation is 1. The maximum absolute atomic E-state index is 12.2. The summed E-state index contributed by atoms with van der Waals surface area (Å²) in [7, 11) is 1.64. The van der Waals surface area contributed by atoms with Crippen molar-refractivity contribution < 1.29 is 22.7 Å². The van der Waals surface area contributed by atoms with Crippen LogP contribution in [0.4, 0.5) is 13.2 Å². The third-order valence-electron chi connectivity index (χ3n) is 2.68. The lowest BCUT2D eigenvalue weighted by Crippen LogP contribution is -2.30. The minimum Gasteiger partial charge on any atom is -0.469 e. The molecule has 0 amide bonds. The molecule has 0 aliphatic carbocycles. The molecule has 2 aromatic heterocycles. The van der Waals surface area contributed by atoms with Crippen LogP contribution in [-0.2, 0) is 7.05 Å². The predicted molar refractivity (Wildman–Crippen MR) is 66.2 cm³/mol. The fraction of sp³-hybridized carbons (Fsp3) is 0.455. The summed E-state index contributed by atoms with van der Waals surface area (Å²) in [5.74, 6) is 0.618. The van der Waals surface area contributed by atoms with Gasteiger partial charge in [-0.05, 0) is 13.0 Å². The molecule has 0 aromatic carbocycles. The van der Waals surface area contributed by atoms with E-state index in [0.717, 1.165) is 17.3 Å². The van der Waals surface area contributed by atoms with Gasteiger partial charge >= 0.3 is 6.18 Å². The first-order valence-electron chi connectivity index (χ1n) is 5.62. The Hall–Kier alpha value is -1.48. The molecule has 20 heavy (non-hydrogen) atoms. The van der Waals surface area contributed by atoms with Crippen LogP contribution in [0, 0.1) is 6.92 Å². The maximum atomic E-state index is 12.2. The van der Waals surface area contributed by atoms with Crippen molar-refractivity contribution in [3.63, 3.8) is 0 Å². The average Bonchev–Trinajstić information content (AvgIpc) is 2.91. The summed E-state index contributed by atoms with van der Waals surface area (Å²) >= 11 is 0.795. The molecule has 0 aliphatic heterocycles. The van der Waals surface area contributed by atoms with Gasteiger partial charge in [0.15, 0.2) is 17.1 Å². The summed E-state index contributed by atoms with van der Waals surface area (Å²) < 4.78 is 43.4. The SMILES string of the molecule is Cc1occc1-c1nnc(SC[C@H](O)C(F)(F)F)n1C. The highest BCUT2D eigenvalue weighted by Gasteiger charge is 2.38. The Labute approximate surface area is 116 Å². The number of nitrogens with zero attached hydrogens (tertiary/aromatic N) is 3. The highest BCUT2D eigenvalue weighted by atomic mass is 32.2. The Bertz CT molecular complexity index is 594. The monoisotopic (exact) mass is 307 g/mol. The van der Waals surface area contributed by atoms with Gasteiger partial charge in [0.1, 0.15) is 5.76 Å². The first-order chi connectivity index (χ1) is 9.30. The molecule has 5 nitrogen and oxygen atoms in total. The topological polar surface area (TPSA) is 64.1 Å². The lowest BCUT2D eigenvalue weighted by atomic mass is 10.2. The largest absolute Gasteiger partial charge is 0.469 e. The Morgan fingerprint density at radius 3 is 2.70 bits per heavy atom. The van der Waals surface area contributed by atoms with Crippen LogP contribution in [0.5, 0.6) is 0 Å². The predicted octanol–water partition coefficient (Wildman–Crippen LogP) is 2.40. The molecule has 0 aliphatic rings. The molecular formula is C11H12F3N3O2S. The molecule has 9 heteroatoms. The van der Waals surface area contributed by atoms with E-state index in [2.05, 4.69) is 10.2 Å². The van der Waals surface area contributed by atoms with E-state index in [1.807, 2.05) is 0 Å². The van der Waals surface area contributed by atoms with Crippen molar-refractivity contribution in [3.05, 3.63) is 18.1 Å². The number of halogens is 3. The lowest BCUT2D eigenvalue weighted by Gasteiger charge is -2.13. The van der Waals surface area contributed by atoms with Gasteiger partial charge in [0, 0.05) is 12.8 Å². The number of rotatable bonds is 4. The van der Waals surface area contributed by atoms with E-state index in [1.54, 1.807) is 24.6 Å². The zero-order chi connectivity index (χ0) is 14.9. The minimum atomic E-state index is -4.63. The molecule has 0 bridgehead atoms. The van der Waals surface area contributed by atoms with E-state index < -0.39 is 18.0 Å². The fourth-order valence-electron chi connectivity index (χ4n) is 1.54. The number of alkyl halides is 3. The molecule has 0 saturated heterocycles. The van der Waals surface area contributed by atoms with Crippen molar-refractivity contribution in [2.45, 2.75) is 24.4 Å². The second-order valence-corrected chi connectivity index (χ2v) is 5.11. The van der Waals surface area contributed by atoms with Crippen molar-refractivity contribution in [2.24, 2.45) is 7.05 Å². The van der Waals surface area contributed by atoms with Crippen LogP contribution in [-0.4, -0.2) is 37.9 Å². The van der Waals surface area contributed by atoms with E-state index in [0.29, 0.717) is 16.7 Å². The van der Waals surface area contributed by atoms with Gasteiger partial charge < -0.3 is 14.1 Å². The van der Waals surface area contributed by atoms with Gasteiger partial charge in [-0.25, -0.2) is 0 Å². The van der Waals surface area contributed by atoms with Gasteiger partial charge in [-0.2, -0.15) is 13.2 Å². The van der Waals surface area contributed by atoms with E-state index in [-0.39, 0.29) is 0 Å². The Morgan fingerprint density at radius 1 is 1.45 bits per heavy atom. The number of hydrogen-bond acceptors (Lipinski definition) is 5. The van der Waals surface area contributed by atoms with Crippen LogP contribution in [0.3, 0.4) is 0 Å².